The fourth-order valence-corrected chi connectivity index (χ4v) is 1.66. The Bertz CT molecular complexity index is 299. The molecule has 0 saturated carbocycles. The number of rotatable bonds is 7. The van der Waals surface area contributed by atoms with E-state index in [9.17, 15) is 0 Å². The average molecular weight is 226 g/mol. The molecule has 0 aliphatic heterocycles. The van der Waals surface area contributed by atoms with Crippen molar-refractivity contribution in [2.75, 3.05) is 13.2 Å². The molecule has 0 fully saturated rings. The van der Waals surface area contributed by atoms with Gasteiger partial charge in [-0.25, -0.2) is 0 Å². The molecule has 4 nitrogen and oxygen atoms in total. The summed E-state index contributed by atoms with van der Waals surface area (Å²) in [6, 6.07) is 4.21. The molecule has 16 heavy (non-hydrogen) atoms. The highest BCUT2D eigenvalue weighted by Crippen LogP contribution is 2.17. The molecule has 0 radical (unpaired) electrons. The van der Waals surface area contributed by atoms with Crippen LogP contribution >= 0.6 is 0 Å². The molecule has 1 aromatic rings. The zero-order valence-electron chi connectivity index (χ0n) is 10.1. The van der Waals surface area contributed by atoms with E-state index in [1.54, 1.807) is 0 Å². The van der Waals surface area contributed by atoms with Gasteiger partial charge in [0.25, 0.3) is 0 Å². The number of aryl methyl sites for hydroxylation is 1. The first-order chi connectivity index (χ1) is 7.71. The lowest BCUT2D eigenvalue weighted by Crippen LogP contribution is -2.35. The second kappa shape index (κ2) is 6.68. The van der Waals surface area contributed by atoms with Gasteiger partial charge < -0.3 is 20.6 Å². The van der Waals surface area contributed by atoms with Gasteiger partial charge in [-0.2, -0.15) is 0 Å². The summed E-state index contributed by atoms with van der Waals surface area (Å²) in [5.41, 5.74) is 5.71. The van der Waals surface area contributed by atoms with E-state index in [4.69, 9.17) is 15.3 Å². The van der Waals surface area contributed by atoms with Crippen molar-refractivity contribution in [2.24, 2.45) is 5.73 Å². The van der Waals surface area contributed by atoms with Gasteiger partial charge in [0.1, 0.15) is 11.5 Å². The summed E-state index contributed by atoms with van der Waals surface area (Å²) < 4.78 is 5.66. The Morgan fingerprint density at radius 2 is 2.25 bits per heavy atom. The van der Waals surface area contributed by atoms with Crippen LogP contribution < -0.4 is 11.1 Å². The van der Waals surface area contributed by atoms with E-state index in [1.165, 1.54) is 0 Å². The Morgan fingerprint density at radius 1 is 1.50 bits per heavy atom. The van der Waals surface area contributed by atoms with Gasteiger partial charge in [0.2, 0.25) is 0 Å². The summed E-state index contributed by atoms with van der Waals surface area (Å²) in [6.45, 7) is 4.76. The van der Waals surface area contributed by atoms with Crippen LogP contribution in [0.5, 0.6) is 0 Å². The highest BCUT2D eigenvalue weighted by molar-refractivity contribution is 5.11. The van der Waals surface area contributed by atoms with Crippen LogP contribution in [0.15, 0.2) is 16.5 Å². The largest absolute Gasteiger partial charge is 0.464 e. The maximum atomic E-state index is 8.84. The Hall–Kier alpha value is -0.840. The number of hydrogen-bond donors (Lipinski definition) is 3. The summed E-state index contributed by atoms with van der Waals surface area (Å²) in [5, 5.41) is 12.2. The molecule has 92 valence electrons. The third kappa shape index (κ3) is 3.63. The third-order valence-electron chi connectivity index (χ3n) is 2.66. The first-order valence-electron chi connectivity index (χ1n) is 5.86. The van der Waals surface area contributed by atoms with Crippen molar-refractivity contribution < 1.29 is 9.52 Å². The molecule has 2 atom stereocenters. The molecule has 0 amide bonds. The van der Waals surface area contributed by atoms with Gasteiger partial charge in [-0.1, -0.05) is 6.92 Å². The fraction of sp³-hybridized carbons (Fsp3) is 0.667. The van der Waals surface area contributed by atoms with Crippen molar-refractivity contribution >= 4 is 0 Å². The lowest BCUT2D eigenvalue weighted by Gasteiger charge is -2.19. The number of nitrogens with one attached hydrogen (secondary N) is 1. The SMILES string of the molecule is CCc1ccc(C(CN)NC(C)CCO)o1. The molecule has 0 spiro atoms. The van der Waals surface area contributed by atoms with Gasteiger partial charge in [-0.15, -0.1) is 0 Å². The second-order valence-electron chi connectivity index (χ2n) is 4.03. The van der Waals surface area contributed by atoms with Gasteiger partial charge in [0.05, 0.1) is 6.04 Å². The minimum atomic E-state index is 0.0295. The highest BCUT2D eigenvalue weighted by atomic mass is 16.3. The van der Waals surface area contributed by atoms with Crippen molar-refractivity contribution in [3.63, 3.8) is 0 Å². The highest BCUT2D eigenvalue weighted by Gasteiger charge is 2.15. The second-order valence-corrected chi connectivity index (χ2v) is 4.03. The third-order valence-corrected chi connectivity index (χ3v) is 2.66. The molecule has 1 aromatic heterocycles. The van der Waals surface area contributed by atoms with E-state index >= 15 is 0 Å². The van der Waals surface area contributed by atoms with Crippen LogP contribution in [-0.4, -0.2) is 24.3 Å². The average Bonchev–Trinajstić information content (AvgIpc) is 2.74. The summed E-state index contributed by atoms with van der Waals surface area (Å²) in [4.78, 5) is 0. The zero-order chi connectivity index (χ0) is 12.0. The number of aliphatic hydroxyl groups excluding tert-OH is 1. The molecule has 0 aliphatic carbocycles. The molecule has 0 aliphatic rings. The van der Waals surface area contributed by atoms with E-state index in [1.807, 2.05) is 19.1 Å². The molecular formula is C12H22N2O2. The Morgan fingerprint density at radius 3 is 2.75 bits per heavy atom. The zero-order valence-corrected chi connectivity index (χ0v) is 10.1. The van der Waals surface area contributed by atoms with Crippen molar-refractivity contribution in [1.29, 1.82) is 0 Å². The molecule has 0 saturated heterocycles. The van der Waals surface area contributed by atoms with Gasteiger partial charge >= 0.3 is 0 Å². The molecule has 1 heterocycles. The topological polar surface area (TPSA) is 71.4 Å². The van der Waals surface area contributed by atoms with Crippen LogP contribution in [0.4, 0.5) is 0 Å². The minimum absolute atomic E-state index is 0.0295. The smallest absolute Gasteiger partial charge is 0.122 e. The normalized spacial score (nSPS) is 15.0. The van der Waals surface area contributed by atoms with Crippen molar-refractivity contribution in [2.45, 2.75) is 38.8 Å². The Balaban J connectivity index is 2.59. The van der Waals surface area contributed by atoms with Crippen LogP contribution in [0.1, 0.15) is 37.8 Å². The van der Waals surface area contributed by atoms with Crippen LogP contribution in [0.3, 0.4) is 0 Å². The quantitative estimate of drug-likeness (QED) is 0.653. The van der Waals surface area contributed by atoms with E-state index in [0.29, 0.717) is 6.54 Å². The van der Waals surface area contributed by atoms with E-state index in [2.05, 4.69) is 12.2 Å². The lowest BCUT2D eigenvalue weighted by molar-refractivity contribution is 0.259. The number of aliphatic hydroxyl groups is 1. The number of furan rings is 1. The molecule has 0 bridgehead atoms. The predicted octanol–water partition coefficient (Wildman–Crippen LogP) is 1.20. The van der Waals surface area contributed by atoms with Gasteiger partial charge in [-0.3, -0.25) is 0 Å². The standard InChI is InChI=1S/C12H22N2O2/c1-3-10-4-5-12(16-10)11(8-13)14-9(2)6-7-15/h4-5,9,11,14-15H,3,6-8,13H2,1-2H3. The van der Waals surface area contributed by atoms with Crippen LogP contribution in [0.2, 0.25) is 0 Å². The van der Waals surface area contributed by atoms with Crippen LogP contribution in [-0.2, 0) is 6.42 Å². The van der Waals surface area contributed by atoms with Crippen LogP contribution in [0.25, 0.3) is 0 Å². The fourth-order valence-electron chi connectivity index (χ4n) is 1.66. The summed E-state index contributed by atoms with van der Waals surface area (Å²) >= 11 is 0. The summed E-state index contributed by atoms with van der Waals surface area (Å²) in [7, 11) is 0. The maximum absolute atomic E-state index is 8.84. The Kier molecular flexibility index (Phi) is 5.52. The van der Waals surface area contributed by atoms with E-state index in [0.717, 1.165) is 24.4 Å². The van der Waals surface area contributed by atoms with E-state index < -0.39 is 0 Å². The first-order valence-corrected chi connectivity index (χ1v) is 5.86. The van der Waals surface area contributed by atoms with Gasteiger partial charge in [-0.05, 0) is 25.5 Å². The minimum Gasteiger partial charge on any atom is -0.464 e. The maximum Gasteiger partial charge on any atom is 0.122 e. The number of nitrogens with two attached hydrogens (primary N) is 1. The Labute approximate surface area is 96.8 Å². The molecule has 4 heteroatoms. The summed E-state index contributed by atoms with van der Waals surface area (Å²) in [5.74, 6) is 1.86. The molecule has 4 N–H and O–H groups in total. The molecular weight excluding hydrogens is 204 g/mol. The van der Waals surface area contributed by atoms with Crippen molar-refractivity contribution in [3.8, 4) is 0 Å². The van der Waals surface area contributed by atoms with Crippen molar-refractivity contribution in [3.05, 3.63) is 23.7 Å². The first kappa shape index (κ1) is 13.2. The molecule has 2 unspecified atom stereocenters. The predicted molar refractivity (Wildman–Crippen MR) is 64.2 cm³/mol. The lowest BCUT2D eigenvalue weighted by atomic mass is 10.1. The molecule has 1 rings (SSSR count). The van der Waals surface area contributed by atoms with Crippen molar-refractivity contribution in [1.82, 2.24) is 5.32 Å². The summed E-state index contributed by atoms with van der Waals surface area (Å²) in [6.07, 6.45) is 1.61. The molecule has 0 aromatic carbocycles. The number of hydrogen-bond acceptors (Lipinski definition) is 4. The van der Waals surface area contributed by atoms with Gasteiger partial charge in [0.15, 0.2) is 0 Å². The van der Waals surface area contributed by atoms with Gasteiger partial charge in [0, 0.05) is 25.6 Å². The monoisotopic (exact) mass is 226 g/mol. The van der Waals surface area contributed by atoms with Crippen LogP contribution in [0, 0.1) is 0 Å². The van der Waals surface area contributed by atoms with E-state index in [-0.39, 0.29) is 18.7 Å².